The van der Waals surface area contributed by atoms with Crippen LogP contribution in [-0.4, -0.2) is 41.9 Å². The van der Waals surface area contributed by atoms with Gasteiger partial charge in [0.15, 0.2) is 5.78 Å². The minimum atomic E-state index is -3.78. The Morgan fingerprint density at radius 1 is 1.50 bits per heavy atom. The molecule has 2 heterocycles. The molecule has 0 saturated carbocycles. The van der Waals surface area contributed by atoms with Crippen molar-refractivity contribution in [3.8, 4) is 0 Å². The fourth-order valence-corrected chi connectivity index (χ4v) is 2.75. The first-order valence-corrected chi connectivity index (χ1v) is 7.47. The van der Waals surface area contributed by atoms with E-state index >= 15 is 0 Å². The summed E-state index contributed by atoms with van der Waals surface area (Å²) in [6, 6.07) is 0. The van der Waals surface area contributed by atoms with Gasteiger partial charge in [-0.3, -0.25) is 14.5 Å². The number of Topliss-reactive ketones (excluding diaryl/α,β-unsaturated/α-hetero) is 1. The zero-order valence-electron chi connectivity index (χ0n) is 11.0. The van der Waals surface area contributed by atoms with Crippen molar-refractivity contribution >= 4 is 27.7 Å². The summed E-state index contributed by atoms with van der Waals surface area (Å²) < 4.78 is 22.6. The standard InChI is InChI=1S/C11H14N4O4S/c1-6-9(7(2)16)4-13-11(14-6)15-5-8(3-10(15)17)20(12,18)19/h4,8H,3,5H2,1-2H3,(H2,12,18,19). The molecule has 0 radical (unpaired) electrons. The Balaban J connectivity index is 2.31. The molecule has 9 heteroatoms. The molecule has 0 bridgehead atoms. The van der Waals surface area contributed by atoms with E-state index in [1.165, 1.54) is 18.0 Å². The maximum Gasteiger partial charge on any atom is 0.232 e. The van der Waals surface area contributed by atoms with Crippen LogP contribution in [0.5, 0.6) is 0 Å². The summed E-state index contributed by atoms with van der Waals surface area (Å²) in [5, 5.41) is 4.09. The number of rotatable bonds is 3. The molecule has 2 N–H and O–H groups in total. The van der Waals surface area contributed by atoms with Crippen LogP contribution in [0.1, 0.15) is 29.4 Å². The second-order valence-corrected chi connectivity index (χ2v) is 6.49. The lowest BCUT2D eigenvalue weighted by atomic mass is 10.2. The van der Waals surface area contributed by atoms with Crippen molar-refractivity contribution in [2.75, 3.05) is 11.4 Å². The van der Waals surface area contributed by atoms with Crippen LogP contribution in [0.15, 0.2) is 6.20 Å². The molecule has 0 aliphatic carbocycles. The monoisotopic (exact) mass is 298 g/mol. The SMILES string of the molecule is CC(=O)c1cnc(N2CC(S(N)(=O)=O)CC2=O)nc1C. The summed E-state index contributed by atoms with van der Waals surface area (Å²) in [5.41, 5.74) is 0.803. The minimum absolute atomic E-state index is 0.0729. The molecule has 8 nitrogen and oxygen atoms in total. The number of hydrogen-bond donors (Lipinski definition) is 1. The van der Waals surface area contributed by atoms with Gasteiger partial charge in [0.2, 0.25) is 21.9 Å². The van der Waals surface area contributed by atoms with E-state index in [0.29, 0.717) is 11.3 Å². The van der Waals surface area contributed by atoms with E-state index in [1.54, 1.807) is 6.92 Å². The van der Waals surface area contributed by atoms with Crippen LogP contribution in [0.25, 0.3) is 0 Å². The molecule has 1 aromatic heterocycles. The van der Waals surface area contributed by atoms with Crippen LogP contribution in [0.3, 0.4) is 0 Å². The van der Waals surface area contributed by atoms with Crippen molar-refractivity contribution in [3.05, 3.63) is 17.5 Å². The highest BCUT2D eigenvalue weighted by molar-refractivity contribution is 7.89. The number of nitrogens with two attached hydrogens (primary N) is 1. The van der Waals surface area contributed by atoms with Crippen molar-refractivity contribution < 1.29 is 18.0 Å². The molecular formula is C11H14N4O4S. The first kappa shape index (κ1) is 14.5. The molecule has 0 spiro atoms. The lowest BCUT2D eigenvalue weighted by Crippen LogP contribution is -2.33. The number of amides is 1. The van der Waals surface area contributed by atoms with Gasteiger partial charge in [-0.15, -0.1) is 0 Å². The molecule has 1 fully saturated rings. The van der Waals surface area contributed by atoms with Crippen molar-refractivity contribution in [3.63, 3.8) is 0 Å². The zero-order valence-corrected chi connectivity index (χ0v) is 11.8. The molecule has 1 unspecified atom stereocenters. The minimum Gasteiger partial charge on any atom is -0.294 e. The number of sulfonamides is 1. The van der Waals surface area contributed by atoms with Gasteiger partial charge < -0.3 is 0 Å². The topological polar surface area (TPSA) is 123 Å². The highest BCUT2D eigenvalue weighted by Crippen LogP contribution is 2.21. The van der Waals surface area contributed by atoms with Crippen LogP contribution >= 0.6 is 0 Å². The maximum atomic E-state index is 11.8. The van der Waals surface area contributed by atoms with E-state index in [1.807, 2.05) is 0 Å². The van der Waals surface area contributed by atoms with Crippen LogP contribution in [0, 0.1) is 6.92 Å². The second-order valence-electron chi connectivity index (χ2n) is 4.64. The Hall–Kier alpha value is -1.87. The molecule has 1 aromatic rings. The molecule has 2 rings (SSSR count). The molecule has 1 saturated heterocycles. The summed E-state index contributed by atoms with van der Waals surface area (Å²) in [6.07, 6.45) is 1.15. The van der Waals surface area contributed by atoms with Crippen molar-refractivity contribution in [1.29, 1.82) is 0 Å². The zero-order chi connectivity index (χ0) is 15.1. The summed E-state index contributed by atoms with van der Waals surface area (Å²) in [4.78, 5) is 32.3. The molecule has 108 valence electrons. The predicted octanol–water partition coefficient (Wildman–Crippen LogP) is -0.619. The molecule has 1 aliphatic rings. The summed E-state index contributed by atoms with van der Waals surface area (Å²) >= 11 is 0. The van der Waals surface area contributed by atoms with Gasteiger partial charge in [-0.25, -0.2) is 23.5 Å². The van der Waals surface area contributed by atoms with Crippen LogP contribution in [0.2, 0.25) is 0 Å². The number of nitrogens with zero attached hydrogens (tertiary/aromatic N) is 3. The van der Waals surface area contributed by atoms with E-state index in [2.05, 4.69) is 9.97 Å². The van der Waals surface area contributed by atoms with Crippen molar-refractivity contribution in [1.82, 2.24) is 9.97 Å². The highest BCUT2D eigenvalue weighted by Gasteiger charge is 2.38. The maximum absolute atomic E-state index is 11.8. The third kappa shape index (κ3) is 2.68. The number of anilines is 1. The number of carbonyl (C=O) groups excluding carboxylic acids is 2. The Kier molecular flexibility index (Phi) is 3.57. The smallest absolute Gasteiger partial charge is 0.232 e. The Morgan fingerprint density at radius 2 is 2.15 bits per heavy atom. The number of carbonyl (C=O) groups is 2. The summed E-state index contributed by atoms with van der Waals surface area (Å²) in [5.74, 6) is -0.494. The van der Waals surface area contributed by atoms with Crippen LogP contribution in [0.4, 0.5) is 5.95 Å². The molecule has 0 aromatic carbocycles. The fraction of sp³-hybridized carbons (Fsp3) is 0.455. The van der Waals surface area contributed by atoms with Crippen LogP contribution < -0.4 is 10.0 Å². The van der Waals surface area contributed by atoms with Gasteiger partial charge in [-0.2, -0.15) is 0 Å². The van der Waals surface area contributed by atoms with Gasteiger partial charge in [-0.1, -0.05) is 0 Å². The first-order chi connectivity index (χ1) is 9.20. The number of primary sulfonamides is 1. The molecule has 1 atom stereocenters. The number of ketones is 1. The lowest BCUT2D eigenvalue weighted by Gasteiger charge is -2.15. The van der Waals surface area contributed by atoms with Crippen molar-refractivity contribution in [2.45, 2.75) is 25.5 Å². The normalized spacial score (nSPS) is 19.4. The third-order valence-corrected chi connectivity index (χ3v) is 4.39. The van der Waals surface area contributed by atoms with Gasteiger partial charge in [0.05, 0.1) is 11.3 Å². The predicted molar refractivity (Wildman–Crippen MR) is 70.6 cm³/mol. The average molecular weight is 298 g/mol. The fourth-order valence-electron chi connectivity index (χ4n) is 2.02. The second kappa shape index (κ2) is 4.91. The number of aromatic nitrogens is 2. The van der Waals surface area contributed by atoms with Crippen LogP contribution in [-0.2, 0) is 14.8 Å². The van der Waals surface area contributed by atoms with E-state index in [9.17, 15) is 18.0 Å². The molecular weight excluding hydrogens is 284 g/mol. The van der Waals surface area contributed by atoms with Gasteiger partial charge in [0, 0.05) is 19.2 Å². The van der Waals surface area contributed by atoms with Crippen molar-refractivity contribution in [2.24, 2.45) is 5.14 Å². The van der Waals surface area contributed by atoms with E-state index in [-0.39, 0.29) is 24.7 Å². The van der Waals surface area contributed by atoms with E-state index in [0.717, 1.165) is 0 Å². The summed E-state index contributed by atoms with van der Waals surface area (Å²) in [7, 11) is -3.78. The molecule has 1 amide bonds. The Bertz CT molecular complexity index is 686. The largest absolute Gasteiger partial charge is 0.294 e. The first-order valence-electron chi connectivity index (χ1n) is 5.86. The number of aryl methyl sites for hydroxylation is 1. The number of hydrogen-bond acceptors (Lipinski definition) is 6. The molecule has 20 heavy (non-hydrogen) atoms. The van der Waals surface area contributed by atoms with Gasteiger partial charge in [0.1, 0.15) is 5.25 Å². The van der Waals surface area contributed by atoms with Gasteiger partial charge in [-0.05, 0) is 13.8 Å². The molecule has 1 aliphatic heterocycles. The highest BCUT2D eigenvalue weighted by atomic mass is 32.2. The Labute approximate surface area is 116 Å². The Morgan fingerprint density at radius 3 is 2.60 bits per heavy atom. The third-order valence-electron chi connectivity index (χ3n) is 3.14. The average Bonchev–Trinajstić information content (AvgIpc) is 2.70. The van der Waals surface area contributed by atoms with Gasteiger partial charge in [0.25, 0.3) is 0 Å². The van der Waals surface area contributed by atoms with E-state index in [4.69, 9.17) is 5.14 Å². The lowest BCUT2D eigenvalue weighted by molar-refractivity contribution is -0.117. The van der Waals surface area contributed by atoms with Gasteiger partial charge >= 0.3 is 0 Å². The van der Waals surface area contributed by atoms with E-state index < -0.39 is 21.2 Å². The quantitative estimate of drug-likeness (QED) is 0.742. The summed E-state index contributed by atoms with van der Waals surface area (Å²) in [6.45, 7) is 2.94.